The summed E-state index contributed by atoms with van der Waals surface area (Å²) in [6.07, 6.45) is 7.24. The maximum absolute atomic E-state index is 12.4. The van der Waals surface area contributed by atoms with Crippen LogP contribution in [0.15, 0.2) is 4.99 Å². The Morgan fingerprint density at radius 3 is 2.14 bits per heavy atom. The average Bonchev–Trinajstić information content (AvgIpc) is 2.60. The van der Waals surface area contributed by atoms with Gasteiger partial charge in [-0.15, -0.1) is 4.99 Å². The highest BCUT2D eigenvalue weighted by atomic mass is 16.6. The number of aliphatic carboxylic acids is 1. The van der Waals surface area contributed by atoms with Crippen LogP contribution in [0, 0.1) is 0 Å². The molecule has 0 aromatic heterocycles. The third-order valence-corrected chi connectivity index (χ3v) is 4.07. The van der Waals surface area contributed by atoms with Crippen LogP contribution >= 0.6 is 0 Å². The van der Waals surface area contributed by atoms with Gasteiger partial charge < -0.3 is 14.7 Å². The Hall–Kier alpha value is -2.12. The van der Waals surface area contributed by atoms with Crippen molar-refractivity contribution in [3.63, 3.8) is 0 Å². The predicted octanol–water partition coefficient (Wildman–Crippen LogP) is 4.33. The number of carbonyl (C=O) groups is 3. The minimum absolute atomic E-state index is 0.0958. The number of likely N-dealkylation sites (N-methyl/N-ethyl adjacent to an activating group) is 1. The van der Waals surface area contributed by atoms with Crippen LogP contribution in [-0.2, 0) is 14.3 Å². The second-order valence-electron chi connectivity index (χ2n) is 8.07. The Labute approximate surface area is 179 Å². The van der Waals surface area contributed by atoms with E-state index in [1.165, 1.54) is 19.3 Å². The normalized spacial score (nSPS) is 14.9. The van der Waals surface area contributed by atoms with Gasteiger partial charge in [0.2, 0.25) is 11.9 Å². The zero-order valence-electron chi connectivity index (χ0n) is 21.4. The fraction of sp³-hybridized carbons (Fsp3) is 0.810. The number of ether oxygens (including phenoxy) is 1. The molecule has 2 amide bonds. The third-order valence-electron chi connectivity index (χ3n) is 4.07. The van der Waals surface area contributed by atoms with Crippen LogP contribution in [0.25, 0.3) is 0 Å². The number of nitrogens with zero attached hydrogens (tertiary/aromatic N) is 2. The van der Waals surface area contributed by atoms with Gasteiger partial charge in [0.1, 0.15) is 11.6 Å². The van der Waals surface area contributed by atoms with Gasteiger partial charge in [0.05, 0.1) is 0 Å². The van der Waals surface area contributed by atoms with Crippen molar-refractivity contribution in [2.24, 2.45) is 4.99 Å². The van der Waals surface area contributed by atoms with Crippen molar-refractivity contribution >= 4 is 23.9 Å². The number of carbonyl (C=O) groups excluding carboxylic acids is 2. The lowest BCUT2D eigenvalue weighted by Gasteiger charge is -2.25. The Morgan fingerprint density at radius 2 is 1.66 bits per heavy atom. The van der Waals surface area contributed by atoms with Gasteiger partial charge in [0.15, 0.2) is 0 Å². The maximum atomic E-state index is 12.4. The van der Waals surface area contributed by atoms with Gasteiger partial charge in [-0.25, -0.2) is 9.59 Å². The molecule has 2 N–H and O–H groups in total. The van der Waals surface area contributed by atoms with E-state index in [4.69, 9.17) is 8.85 Å². The fourth-order valence-electron chi connectivity index (χ4n) is 2.41. The van der Waals surface area contributed by atoms with Crippen LogP contribution in [0.4, 0.5) is 4.79 Å². The number of hydrogen-bond acceptors (Lipinski definition) is 4. The molecule has 8 nitrogen and oxygen atoms in total. The number of unbranched alkanes of at least 4 members (excludes halogenated alkanes) is 7. The number of hydrogen-bond donors (Lipinski definition) is 2. The molecule has 1 atom stereocenters. The highest BCUT2D eigenvalue weighted by molar-refractivity contribution is 6.01. The monoisotopic (exact) mass is 416 g/mol. The predicted molar refractivity (Wildman–Crippen MR) is 114 cm³/mol. The van der Waals surface area contributed by atoms with Gasteiger partial charge in [-0.05, 0) is 34.1 Å². The first kappa shape index (κ1) is 21.6. The van der Waals surface area contributed by atoms with Crippen molar-refractivity contribution in [2.45, 2.75) is 104 Å². The Balaban J connectivity index is 5.26. The molecule has 0 aromatic rings. The SMILES string of the molecule is [2H]C([2H])([2H])N(/C(=N\C(=O)OC(C)(C)C)NC(=O)CCCCCCCCCC)C(C)C(=O)O. The number of amides is 2. The van der Waals surface area contributed by atoms with Crippen molar-refractivity contribution in [1.82, 2.24) is 10.2 Å². The summed E-state index contributed by atoms with van der Waals surface area (Å²) in [7, 11) is 0. The summed E-state index contributed by atoms with van der Waals surface area (Å²) in [5.74, 6) is -2.67. The molecular formula is C21H39N3O5. The van der Waals surface area contributed by atoms with E-state index in [0.717, 1.165) is 32.6 Å². The van der Waals surface area contributed by atoms with E-state index in [-0.39, 0.29) is 6.42 Å². The molecule has 0 aliphatic heterocycles. The molecule has 8 heteroatoms. The maximum Gasteiger partial charge on any atom is 0.437 e. The minimum atomic E-state index is -2.97. The molecule has 168 valence electrons. The molecule has 0 aliphatic rings. The topological polar surface area (TPSA) is 108 Å². The molecule has 0 saturated heterocycles. The molecule has 0 radical (unpaired) electrons. The van der Waals surface area contributed by atoms with Crippen molar-refractivity contribution in [1.29, 1.82) is 0 Å². The summed E-state index contributed by atoms with van der Waals surface area (Å²) in [4.78, 5) is 40.0. The van der Waals surface area contributed by atoms with Crippen LogP contribution < -0.4 is 5.32 Å². The average molecular weight is 417 g/mol. The molecule has 0 aromatic carbocycles. The largest absolute Gasteiger partial charge is 0.480 e. The first-order chi connectivity index (χ1) is 14.7. The minimum Gasteiger partial charge on any atom is -0.480 e. The summed E-state index contributed by atoms with van der Waals surface area (Å²) >= 11 is 0. The smallest absolute Gasteiger partial charge is 0.437 e. The van der Waals surface area contributed by atoms with Crippen LogP contribution in [0.3, 0.4) is 0 Å². The molecule has 0 rings (SSSR count). The highest BCUT2D eigenvalue weighted by Gasteiger charge is 2.24. The number of rotatable bonds is 11. The van der Waals surface area contributed by atoms with E-state index in [9.17, 15) is 19.5 Å². The molecule has 29 heavy (non-hydrogen) atoms. The van der Waals surface area contributed by atoms with Gasteiger partial charge in [0.25, 0.3) is 0 Å². The second kappa shape index (κ2) is 14.0. The van der Waals surface area contributed by atoms with Crippen LogP contribution in [-0.4, -0.2) is 52.6 Å². The second-order valence-corrected chi connectivity index (χ2v) is 8.07. The number of guanidine groups is 1. The van der Waals surface area contributed by atoms with Gasteiger partial charge in [-0.2, -0.15) is 0 Å². The highest BCUT2D eigenvalue weighted by Crippen LogP contribution is 2.10. The zero-order chi connectivity index (χ0) is 24.9. The molecule has 0 heterocycles. The Bertz CT molecular complexity index is 646. The van der Waals surface area contributed by atoms with Crippen LogP contribution in [0.2, 0.25) is 0 Å². The Morgan fingerprint density at radius 1 is 1.10 bits per heavy atom. The molecule has 0 aliphatic carbocycles. The van der Waals surface area contributed by atoms with E-state index in [0.29, 0.717) is 11.3 Å². The number of carboxylic acids is 1. The van der Waals surface area contributed by atoms with Crippen LogP contribution in [0.1, 0.15) is 96.5 Å². The van der Waals surface area contributed by atoms with Gasteiger partial charge in [0, 0.05) is 17.5 Å². The summed E-state index contributed by atoms with van der Waals surface area (Å²) < 4.78 is 28.1. The van der Waals surface area contributed by atoms with Crippen LogP contribution in [0.5, 0.6) is 0 Å². The summed E-state index contributed by atoms with van der Waals surface area (Å²) in [5, 5.41) is 11.6. The fourth-order valence-corrected chi connectivity index (χ4v) is 2.41. The lowest BCUT2D eigenvalue weighted by atomic mass is 10.1. The van der Waals surface area contributed by atoms with Crippen molar-refractivity contribution in [3.05, 3.63) is 0 Å². The molecule has 0 saturated carbocycles. The summed E-state index contributed by atoms with van der Waals surface area (Å²) in [6.45, 7) is 5.12. The number of aliphatic imine (C=N–C) groups is 1. The van der Waals surface area contributed by atoms with E-state index in [2.05, 4.69) is 17.2 Å². The zero-order valence-corrected chi connectivity index (χ0v) is 18.4. The first-order valence-electron chi connectivity index (χ1n) is 11.8. The van der Waals surface area contributed by atoms with Gasteiger partial charge in [-0.1, -0.05) is 51.9 Å². The van der Waals surface area contributed by atoms with Gasteiger partial charge >= 0.3 is 12.1 Å². The summed E-state index contributed by atoms with van der Waals surface area (Å²) in [6, 6.07) is -1.58. The van der Waals surface area contributed by atoms with E-state index in [1.807, 2.05) is 0 Å². The van der Waals surface area contributed by atoms with E-state index in [1.54, 1.807) is 20.8 Å². The van der Waals surface area contributed by atoms with E-state index >= 15 is 0 Å². The standard InChI is InChI=1S/C21H39N3O5/c1-7-8-9-10-11-12-13-14-15-17(25)22-19(24(6)16(2)18(26)27)23-20(28)29-21(3,4)5/h16H,7-15H2,1-6H3,(H,26,27)(H,22,23,25,28)/i6D3. The Kier molecular flexibility index (Phi) is 10.4. The van der Waals surface area contributed by atoms with Gasteiger partial charge in [-0.3, -0.25) is 10.1 Å². The van der Waals surface area contributed by atoms with E-state index < -0.39 is 42.5 Å². The molecule has 0 bridgehead atoms. The summed E-state index contributed by atoms with van der Waals surface area (Å²) in [5.41, 5.74) is -0.907. The first-order valence-corrected chi connectivity index (χ1v) is 10.3. The molecule has 1 unspecified atom stereocenters. The molecule has 0 fully saturated rings. The van der Waals surface area contributed by atoms with Crippen molar-refractivity contribution in [3.8, 4) is 0 Å². The third kappa shape index (κ3) is 13.7. The lowest BCUT2D eigenvalue weighted by molar-refractivity contribution is -0.141. The number of carboxylic acid groups (broad SMARTS) is 1. The molecule has 0 spiro atoms. The quantitative estimate of drug-likeness (QED) is 0.295. The molecular weight excluding hydrogens is 374 g/mol. The van der Waals surface area contributed by atoms with Crippen molar-refractivity contribution < 1.29 is 28.3 Å². The lowest BCUT2D eigenvalue weighted by Crippen LogP contribution is -2.49. The number of nitrogens with one attached hydrogen (secondary N) is 1. The van der Waals surface area contributed by atoms with Crippen molar-refractivity contribution in [2.75, 3.05) is 6.98 Å².